The van der Waals surface area contributed by atoms with Crippen LogP contribution in [0.2, 0.25) is 0 Å². The molecule has 3 heteroatoms. The Morgan fingerprint density at radius 1 is 1.73 bits per heavy atom. The summed E-state index contributed by atoms with van der Waals surface area (Å²) >= 11 is 3.43. The van der Waals surface area contributed by atoms with Crippen LogP contribution in [-0.2, 0) is 6.54 Å². The zero-order valence-corrected chi connectivity index (χ0v) is 8.50. The van der Waals surface area contributed by atoms with Gasteiger partial charge in [0.2, 0.25) is 0 Å². The summed E-state index contributed by atoms with van der Waals surface area (Å²) in [6.07, 6.45) is 2.02. The minimum Gasteiger partial charge on any atom is -0.273 e. The molecule has 0 bridgehead atoms. The van der Waals surface area contributed by atoms with Crippen LogP contribution < -0.4 is 0 Å². The molecule has 0 fully saturated rings. The maximum Gasteiger partial charge on any atom is 0.0661 e. The third-order valence-electron chi connectivity index (χ3n) is 1.72. The number of aryl methyl sites for hydroxylation is 1. The maximum atomic E-state index is 4.39. The Labute approximate surface area is 75.7 Å². The van der Waals surface area contributed by atoms with Gasteiger partial charge in [-0.25, -0.2) is 0 Å². The molecular weight excluding hydrogens is 204 g/mol. The second-order valence-electron chi connectivity index (χ2n) is 2.65. The van der Waals surface area contributed by atoms with Crippen LogP contribution in [0, 0.1) is 0 Å². The first-order chi connectivity index (χ1) is 5.27. The van der Waals surface area contributed by atoms with Crippen LogP contribution in [0.1, 0.15) is 25.5 Å². The van der Waals surface area contributed by atoms with Gasteiger partial charge in [0, 0.05) is 24.0 Å². The molecule has 0 aliphatic heterocycles. The molecule has 2 nitrogen and oxygen atoms in total. The van der Waals surface area contributed by atoms with Crippen LogP contribution in [0.4, 0.5) is 0 Å². The highest BCUT2D eigenvalue weighted by molar-refractivity contribution is 9.09. The average molecular weight is 217 g/mol. The van der Waals surface area contributed by atoms with Gasteiger partial charge >= 0.3 is 0 Å². The Morgan fingerprint density at radius 3 is 2.91 bits per heavy atom. The zero-order chi connectivity index (χ0) is 8.27. The first-order valence-corrected chi connectivity index (χ1v) is 4.99. The largest absolute Gasteiger partial charge is 0.273 e. The van der Waals surface area contributed by atoms with Crippen molar-refractivity contribution in [2.24, 2.45) is 0 Å². The highest BCUT2D eigenvalue weighted by Crippen LogP contribution is 2.14. The van der Waals surface area contributed by atoms with E-state index < -0.39 is 0 Å². The lowest BCUT2D eigenvalue weighted by atomic mass is 10.1. The van der Waals surface area contributed by atoms with Crippen LogP contribution in [0.25, 0.3) is 0 Å². The van der Waals surface area contributed by atoms with Gasteiger partial charge in [-0.1, -0.05) is 22.9 Å². The summed E-state index contributed by atoms with van der Waals surface area (Å²) in [6, 6.07) is 2.08. The zero-order valence-electron chi connectivity index (χ0n) is 6.92. The highest BCUT2D eigenvalue weighted by atomic mass is 79.9. The molecular formula is C8H13BrN2. The molecule has 0 aliphatic carbocycles. The van der Waals surface area contributed by atoms with E-state index in [1.54, 1.807) is 0 Å². The van der Waals surface area contributed by atoms with Crippen LogP contribution in [0.3, 0.4) is 0 Å². The summed E-state index contributed by atoms with van der Waals surface area (Å²) in [4.78, 5) is 0. The molecule has 0 saturated carbocycles. The molecule has 11 heavy (non-hydrogen) atoms. The fourth-order valence-corrected chi connectivity index (χ4v) is 1.23. The maximum absolute atomic E-state index is 4.39. The Hall–Kier alpha value is -0.310. The van der Waals surface area contributed by atoms with Crippen molar-refractivity contribution in [3.63, 3.8) is 0 Å². The van der Waals surface area contributed by atoms with E-state index in [-0.39, 0.29) is 0 Å². The highest BCUT2D eigenvalue weighted by Gasteiger charge is 2.05. The van der Waals surface area contributed by atoms with Crippen LogP contribution in [0.5, 0.6) is 0 Å². The fraction of sp³-hybridized carbons (Fsp3) is 0.625. The standard InChI is InChI=1S/C8H13BrN2/c1-3-11-5-4-8(10-11)7(2)6-9/h4-5,7H,3,6H2,1-2H3. The Bertz CT molecular complexity index is 220. The molecule has 62 valence electrons. The molecule has 0 aliphatic rings. The van der Waals surface area contributed by atoms with Gasteiger partial charge in [-0.3, -0.25) is 4.68 Å². The molecule has 1 aromatic rings. The van der Waals surface area contributed by atoms with Crippen LogP contribution >= 0.6 is 15.9 Å². The van der Waals surface area contributed by atoms with Gasteiger partial charge in [-0.05, 0) is 13.0 Å². The SMILES string of the molecule is CCn1ccc(C(C)CBr)n1. The van der Waals surface area contributed by atoms with E-state index in [1.807, 2.05) is 10.9 Å². The minimum absolute atomic E-state index is 0.516. The molecule has 1 aromatic heterocycles. The summed E-state index contributed by atoms with van der Waals surface area (Å²) in [5.74, 6) is 0.516. The van der Waals surface area contributed by atoms with Gasteiger partial charge in [-0.2, -0.15) is 5.10 Å². The van der Waals surface area contributed by atoms with Gasteiger partial charge in [0.25, 0.3) is 0 Å². The van der Waals surface area contributed by atoms with E-state index in [0.29, 0.717) is 5.92 Å². The van der Waals surface area contributed by atoms with Crippen molar-refractivity contribution in [1.82, 2.24) is 9.78 Å². The summed E-state index contributed by atoms with van der Waals surface area (Å²) in [7, 11) is 0. The fourth-order valence-electron chi connectivity index (χ4n) is 0.895. The third kappa shape index (κ3) is 2.06. The molecule has 0 N–H and O–H groups in total. The second kappa shape index (κ2) is 3.90. The molecule has 1 rings (SSSR count). The van der Waals surface area contributed by atoms with Crippen molar-refractivity contribution in [3.05, 3.63) is 18.0 Å². The van der Waals surface area contributed by atoms with E-state index in [2.05, 4.69) is 40.9 Å². The number of alkyl halides is 1. The smallest absolute Gasteiger partial charge is 0.0661 e. The third-order valence-corrected chi connectivity index (χ3v) is 2.69. The summed E-state index contributed by atoms with van der Waals surface area (Å²) in [5, 5.41) is 5.37. The topological polar surface area (TPSA) is 17.8 Å². The Kier molecular flexibility index (Phi) is 3.12. The van der Waals surface area contributed by atoms with Crippen molar-refractivity contribution in [1.29, 1.82) is 0 Å². The quantitative estimate of drug-likeness (QED) is 0.711. The Balaban J connectivity index is 2.71. The first kappa shape index (κ1) is 8.78. The van der Waals surface area contributed by atoms with Gasteiger partial charge in [0.1, 0.15) is 0 Å². The number of hydrogen-bond acceptors (Lipinski definition) is 1. The number of nitrogens with zero attached hydrogens (tertiary/aromatic N) is 2. The lowest BCUT2D eigenvalue weighted by molar-refractivity contribution is 0.637. The van der Waals surface area contributed by atoms with Gasteiger partial charge < -0.3 is 0 Å². The van der Waals surface area contributed by atoms with E-state index in [4.69, 9.17) is 0 Å². The second-order valence-corrected chi connectivity index (χ2v) is 3.30. The molecule has 0 amide bonds. The van der Waals surface area contributed by atoms with Gasteiger partial charge in [-0.15, -0.1) is 0 Å². The first-order valence-electron chi connectivity index (χ1n) is 3.87. The molecule has 0 aromatic carbocycles. The predicted octanol–water partition coefficient (Wildman–Crippen LogP) is 2.40. The number of rotatable bonds is 3. The Morgan fingerprint density at radius 2 is 2.45 bits per heavy atom. The average Bonchev–Trinajstić information content (AvgIpc) is 2.50. The normalized spacial score (nSPS) is 13.4. The number of aromatic nitrogens is 2. The van der Waals surface area contributed by atoms with Crippen LogP contribution in [0.15, 0.2) is 12.3 Å². The van der Waals surface area contributed by atoms with Crippen LogP contribution in [-0.4, -0.2) is 15.1 Å². The molecule has 1 unspecified atom stereocenters. The monoisotopic (exact) mass is 216 g/mol. The van der Waals surface area contributed by atoms with Crippen molar-refractivity contribution >= 4 is 15.9 Å². The van der Waals surface area contributed by atoms with Crippen molar-refractivity contribution in [2.75, 3.05) is 5.33 Å². The number of hydrogen-bond donors (Lipinski definition) is 0. The predicted molar refractivity (Wildman–Crippen MR) is 50.1 cm³/mol. The van der Waals surface area contributed by atoms with E-state index >= 15 is 0 Å². The van der Waals surface area contributed by atoms with E-state index in [1.165, 1.54) is 5.69 Å². The summed E-state index contributed by atoms with van der Waals surface area (Å²) in [6.45, 7) is 5.21. The molecule has 0 radical (unpaired) electrons. The van der Waals surface area contributed by atoms with Gasteiger partial charge in [0.15, 0.2) is 0 Å². The van der Waals surface area contributed by atoms with E-state index in [9.17, 15) is 0 Å². The lowest BCUT2D eigenvalue weighted by Gasteiger charge is -2.01. The summed E-state index contributed by atoms with van der Waals surface area (Å²) in [5.41, 5.74) is 1.17. The molecule has 0 saturated heterocycles. The van der Waals surface area contributed by atoms with Crippen molar-refractivity contribution in [2.45, 2.75) is 26.3 Å². The minimum atomic E-state index is 0.516. The van der Waals surface area contributed by atoms with E-state index in [0.717, 1.165) is 11.9 Å². The summed E-state index contributed by atoms with van der Waals surface area (Å²) < 4.78 is 1.95. The molecule has 0 spiro atoms. The van der Waals surface area contributed by atoms with Crippen molar-refractivity contribution < 1.29 is 0 Å². The number of halogens is 1. The lowest BCUT2D eigenvalue weighted by Crippen LogP contribution is -1.99. The molecule has 1 heterocycles. The van der Waals surface area contributed by atoms with Crippen molar-refractivity contribution in [3.8, 4) is 0 Å². The van der Waals surface area contributed by atoms with Gasteiger partial charge in [0.05, 0.1) is 5.69 Å². The molecule has 1 atom stereocenters.